The Morgan fingerprint density at radius 3 is 2.70 bits per heavy atom. The summed E-state index contributed by atoms with van der Waals surface area (Å²) in [5, 5.41) is 3.33. The molecule has 2 aromatic rings. The molecule has 4 heteroatoms. The maximum absolute atomic E-state index is 4.68. The van der Waals surface area contributed by atoms with Crippen LogP contribution in [0.3, 0.4) is 0 Å². The van der Waals surface area contributed by atoms with Gasteiger partial charge in [-0.2, -0.15) is 0 Å². The van der Waals surface area contributed by atoms with Gasteiger partial charge in [-0.25, -0.2) is 4.98 Å². The molecule has 2 rings (SSSR count). The Bertz CT molecular complexity index is 539. The minimum Gasteiger partial charge on any atom is -0.354 e. The first-order chi connectivity index (χ1) is 9.70. The van der Waals surface area contributed by atoms with Gasteiger partial charge in [-0.15, -0.1) is 0 Å². The summed E-state index contributed by atoms with van der Waals surface area (Å²) in [5.74, 6) is 0.980. The molecule has 0 saturated carbocycles. The lowest BCUT2D eigenvalue weighted by Crippen LogP contribution is -2.19. The third kappa shape index (κ3) is 3.78. The predicted octanol–water partition coefficient (Wildman–Crippen LogP) is 2.53. The van der Waals surface area contributed by atoms with Crippen LogP contribution < -0.4 is 10.2 Å². The highest BCUT2D eigenvalue weighted by atomic mass is 15.2. The third-order valence-electron chi connectivity index (χ3n) is 3.26. The number of pyridine rings is 2. The number of rotatable bonds is 6. The normalized spacial score (nSPS) is 10.6. The second kappa shape index (κ2) is 7.01. The van der Waals surface area contributed by atoms with E-state index in [1.54, 1.807) is 0 Å². The van der Waals surface area contributed by atoms with Crippen LogP contribution in [0.5, 0.6) is 0 Å². The van der Waals surface area contributed by atoms with Gasteiger partial charge in [-0.1, -0.05) is 19.1 Å². The molecule has 1 N–H and O–H groups in total. The van der Waals surface area contributed by atoms with Crippen molar-refractivity contribution in [1.29, 1.82) is 0 Å². The van der Waals surface area contributed by atoms with Crippen LogP contribution in [0, 0.1) is 6.92 Å². The van der Waals surface area contributed by atoms with Crippen LogP contribution in [-0.2, 0) is 13.1 Å². The fourth-order valence-electron chi connectivity index (χ4n) is 2.05. The molecule has 20 heavy (non-hydrogen) atoms. The first kappa shape index (κ1) is 14.5. The van der Waals surface area contributed by atoms with Crippen molar-refractivity contribution in [3.05, 3.63) is 53.5 Å². The average molecular weight is 270 g/mol. The van der Waals surface area contributed by atoms with Gasteiger partial charge in [0.2, 0.25) is 0 Å². The van der Waals surface area contributed by atoms with Crippen LogP contribution >= 0.6 is 0 Å². The van der Waals surface area contributed by atoms with Crippen LogP contribution in [0.1, 0.15) is 23.9 Å². The molecule has 0 aliphatic rings. The fourth-order valence-corrected chi connectivity index (χ4v) is 2.05. The van der Waals surface area contributed by atoms with E-state index >= 15 is 0 Å². The number of aromatic nitrogens is 2. The van der Waals surface area contributed by atoms with E-state index in [0.29, 0.717) is 0 Å². The number of hydrogen-bond acceptors (Lipinski definition) is 4. The Morgan fingerprint density at radius 2 is 2.05 bits per heavy atom. The topological polar surface area (TPSA) is 41.0 Å². The van der Waals surface area contributed by atoms with Crippen molar-refractivity contribution in [1.82, 2.24) is 15.3 Å². The maximum Gasteiger partial charge on any atom is 0.128 e. The van der Waals surface area contributed by atoms with Gasteiger partial charge in [0.25, 0.3) is 0 Å². The van der Waals surface area contributed by atoms with E-state index in [9.17, 15) is 0 Å². The monoisotopic (exact) mass is 270 g/mol. The molecular formula is C16H22N4. The fraction of sp³-hybridized carbons (Fsp3) is 0.375. The minimum atomic E-state index is 0.764. The number of hydrogen-bond donors (Lipinski definition) is 1. The van der Waals surface area contributed by atoms with Crippen molar-refractivity contribution in [2.75, 3.05) is 18.5 Å². The highest BCUT2D eigenvalue weighted by molar-refractivity contribution is 5.41. The number of aryl methyl sites for hydroxylation is 1. The molecule has 2 heterocycles. The Balaban J connectivity index is 2.07. The van der Waals surface area contributed by atoms with Gasteiger partial charge in [0.05, 0.1) is 12.2 Å². The number of nitrogens with one attached hydrogen (secondary N) is 1. The van der Waals surface area contributed by atoms with Crippen LogP contribution in [0.15, 0.2) is 36.5 Å². The van der Waals surface area contributed by atoms with Gasteiger partial charge in [0.1, 0.15) is 5.82 Å². The van der Waals surface area contributed by atoms with E-state index in [4.69, 9.17) is 0 Å². The summed E-state index contributed by atoms with van der Waals surface area (Å²) < 4.78 is 0. The summed E-state index contributed by atoms with van der Waals surface area (Å²) in [6.45, 7) is 6.78. The number of anilines is 1. The standard InChI is InChI=1S/C16H22N4/c1-4-17-11-14-8-9-16(19-13(14)2)20(3)12-15-7-5-6-10-18-15/h5-10,17H,4,11-12H2,1-3H3. The van der Waals surface area contributed by atoms with Crippen molar-refractivity contribution in [2.45, 2.75) is 26.9 Å². The van der Waals surface area contributed by atoms with Gasteiger partial charge in [-0.05, 0) is 37.2 Å². The van der Waals surface area contributed by atoms with E-state index in [1.807, 2.05) is 31.4 Å². The van der Waals surface area contributed by atoms with E-state index in [0.717, 1.165) is 36.8 Å². The lowest BCUT2D eigenvalue weighted by molar-refractivity contribution is 0.719. The molecule has 2 aromatic heterocycles. The van der Waals surface area contributed by atoms with Crippen LogP contribution in [0.2, 0.25) is 0 Å². The molecule has 0 fully saturated rings. The molecule has 106 valence electrons. The highest BCUT2D eigenvalue weighted by Crippen LogP contribution is 2.15. The van der Waals surface area contributed by atoms with Crippen molar-refractivity contribution >= 4 is 5.82 Å². The molecule has 0 spiro atoms. The van der Waals surface area contributed by atoms with Crippen molar-refractivity contribution < 1.29 is 0 Å². The summed E-state index contributed by atoms with van der Waals surface area (Å²) in [5.41, 5.74) is 3.38. The molecule has 0 aliphatic heterocycles. The average Bonchev–Trinajstić information content (AvgIpc) is 2.47. The molecule has 0 aliphatic carbocycles. The molecular weight excluding hydrogens is 248 g/mol. The molecule has 0 radical (unpaired) electrons. The Morgan fingerprint density at radius 1 is 1.20 bits per heavy atom. The quantitative estimate of drug-likeness (QED) is 0.876. The lowest BCUT2D eigenvalue weighted by Gasteiger charge is -2.19. The second-order valence-electron chi connectivity index (χ2n) is 4.87. The molecule has 4 nitrogen and oxygen atoms in total. The summed E-state index contributed by atoms with van der Waals surface area (Å²) in [6.07, 6.45) is 1.82. The van der Waals surface area contributed by atoms with E-state index in [1.165, 1.54) is 5.56 Å². The molecule has 0 atom stereocenters. The molecule has 0 saturated heterocycles. The van der Waals surface area contributed by atoms with Gasteiger partial charge >= 0.3 is 0 Å². The van der Waals surface area contributed by atoms with Crippen molar-refractivity contribution in [3.8, 4) is 0 Å². The molecule has 0 amide bonds. The highest BCUT2D eigenvalue weighted by Gasteiger charge is 2.07. The third-order valence-corrected chi connectivity index (χ3v) is 3.26. The van der Waals surface area contributed by atoms with Gasteiger partial charge in [0.15, 0.2) is 0 Å². The SMILES string of the molecule is CCNCc1ccc(N(C)Cc2ccccn2)nc1C. The van der Waals surface area contributed by atoms with Gasteiger partial charge in [-0.3, -0.25) is 4.98 Å². The van der Waals surface area contributed by atoms with E-state index < -0.39 is 0 Å². The summed E-state index contributed by atoms with van der Waals surface area (Å²) in [6, 6.07) is 10.2. The molecule has 0 aromatic carbocycles. The minimum absolute atomic E-state index is 0.764. The van der Waals surface area contributed by atoms with Crippen LogP contribution in [-0.4, -0.2) is 23.6 Å². The van der Waals surface area contributed by atoms with E-state index in [2.05, 4.69) is 46.2 Å². The van der Waals surface area contributed by atoms with Gasteiger partial charge < -0.3 is 10.2 Å². The zero-order chi connectivity index (χ0) is 14.4. The maximum atomic E-state index is 4.68. The Kier molecular flexibility index (Phi) is 5.07. The summed E-state index contributed by atoms with van der Waals surface area (Å²) >= 11 is 0. The van der Waals surface area contributed by atoms with Gasteiger partial charge in [0, 0.05) is 25.5 Å². The summed E-state index contributed by atoms with van der Waals surface area (Å²) in [4.78, 5) is 11.1. The van der Waals surface area contributed by atoms with Crippen molar-refractivity contribution in [3.63, 3.8) is 0 Å². The molecule has 0 bridgehead atoms. The second-order valence-corrected chi connectivity index (χ2v) is 4.87. The molecule has 0 unspecified atom stereocenters. The van der Waals surface area contributed by atoms with Crippen molar-refractivity contribution in [2.24, 2.45) is 0 Å². The number of nitrogens with zero attached hydrogens (tertiary/aromatic N) is 3. The predicted molar refractivity (Wildman–Crippen MR) is 82.7 cm³/mol. The van der Waals surface area contributed by atoms with Crippen LogP contribution in [0.25, 0.3) is 0 Å². The lowest BCUT2D eigenvalue weighted by atomic mass is 10.2. The largest absolute Gasteiger partial charge is 0.354 e. The zero-order valence-electron chi connectivity index (χ0n) is 12.4. The van der Waals surface area contributed by atoms with E-state index in [-0.39, 0.29) is 0 Å². The zero-order valence-corrected chi connectivity index (χ0v) is 12.4. The first-order valence-electron chi connectivity index (χ1n) is 6.99. The van der Waals surface area contributed by atoms with Crippen LogP contribution in [0.4, 0.5) is 5.82 Å². The Labute approximate surface area is 120 Å². The first-order valence-corrected chi connectivity index (χ1v) is 6.99. The summed E-state index contributed by atoms with van der Waals surface area (Å²) in [7, 11) is 2.04. The Hall–Kier alpha value is -1.94. The smallest absolute Gasteiger partial charge is 0.128 e.